The average Bonchev–Trinajstić information content (AvgIpc) is 2.41. The molecular weight excluding hydrogens is 244 g/mol. The zero-order valence-electron chi connectivity index (χ0n) is 10.9. The lowest BCUT2D eigenvalue weighted by molar-refractivity contribution is -0.121. The van der Waals surface area contributed by atoms with Crippen LogP contribution in [0.4, 0.5) is 4.79 Å². The Balaban J connectivity index is 2.01. The molecule has 4 N–H and O–H groups in total. The van der Waals surface area contributed by atoms with Gasteiger partial charge in [-0.1, -0.05) is 12.5 Å². The van der Waals surface area contributed by atoms with Crippen molar-refractivity contribution in [2.75, 3.05) is 6.54 Å². The van der Waals surface area contributed by atoms with E-state index in [9.17, 15) is 9.59 Å². The van der Waals surface area contributed by atoms with Gasteiger partial charge in [-0.3, -0.25) is 9.78 Å². The van der Waals surface area contributed by atoms with Gasteiger partial charge in [0.25, 0.3) is 0 Å². The molecule has 104 valence electrons. The number of rotatable bonds is 8. The first kappa shape index (κ1) is 14.9. The summed E-state index contributed by atoms with van der Waals surface area (Å²) in [6.45, 7) is 1.02. The number of urea groups is 1. The topological polar surface area (TPSA) is 97.1 Å². The predicted octanol–water partition coefficient (Wildman–Crippen LogP) is 0.926. The third-order valence-electron chi connectivity index (χ3n) is 2.57. The summed E-state index contributed by atoms with van der Waals surface area (Å²) < 4.78 is 0. The Morgan fingerprint density at radius 1 is 1.16 bits per heavy atom. The van der Waals surface area contributed by atoms with Crippen molar-refractivity contribution in [3.8, 4) is 0 Å². The molecule has 6 nitrogen and oxygen atoms in total. The number of nitrogens with zero attached hydrogens (tertiary/aromatic N) is 1. The third kappa shape index (κ3) is 7.75. The highest BCUT2D eigenvalue weighted by molar-refractivity contribution is 5.75. The minimum Gasteiger partial charge on any atom is -0.352 e. The summed E-state index contributed by atoms with van der Waals surface area (Å²) in [6.07, 6.45) is 4.71. The van der Waals surface area contributed by atoms with Gasteiger partial charge in [0.1, 0.15) is 0 Å². The van der Waals surface area contributed by atoms with E-state index in [4.69, 9.17) is 5.73 Å². The first-order valence-corrected chi connectivity index (χ1v) is 6.38. The molecule has 1 aromatic rings. The third-order valence-corrected chi connectivity index (χ3v) is 2.57. The minimum absolute atomic E-state index is 0.0218. The standard InChI is InChI=1S/C13H20N4O2/c14-13(19)16-9-4-1-2-7-12(18)17-10-11-6-3-5-8-15-11/h3,5-6,8H,1-2,4,7,9-10H2,(H,17,18)(H3,14,16,19). The molecule has 0 spiro atoms. The maximum absolute atomic E-state index is 11.5. The number of nitrogens with one attached hydrogen (secondary N) is 2. The summed E-state index contributed by atoms with van der Waals surface area (Å²) in [5, 5.41) is 5.33. The Morgan fingerprint density at radius 3 is 2.68 bits per heavy atom. The summed E-state index contributed by atoms with van der Waals surface area (Å²) >= 11 is 0. The first-order valence-electron chi connectivity index (χ1n) is 6.38. The molecule has 6 heteroatoms. The number of pyridine rings is 1. The van der Waals surface area contributed by atoms with Crippen LogP contribution >= 0.6 is 0 Å². The summed E-state index contributed by atoms with van der Waals surface area (Å²) in [6, 6.07) is 5.09. The van der Waals surface area contributed by atoms with E-state index in [0.29, 0.717) is 19.5 Å². The molecule has 0 aromatic carbocycles. The molecule has 19 heavy (non-hydrogen) atoms. The Hall–Kier alpha value is -2.11. The molecule has 0 fully saturated rings. The van der Waals surface area contributed by atoms with Gasteiger partial charge in [-0.2, -0.15) is 0 Å². The van der Waals surface area contributed by atoms with Gasteiger partial charge in [0.15, 0.2) is 0 Å². The zero-order chi connectivity index (χ0) is 13.9. The fourth-order valence-electron chi connectivity index (χ4n) is 1.58. The number of nitrogens with two attached hydrogens (primary N) is 1. The van der Waals surface area contributed by atoms with Gasteiger partial charge in [-0.25, -0.2) is 4.79 Å². The number of unbranched alkanes of at least 4 members (excludes halogenated alkanes) is 2. The minimum atomic E-state index is -0.506. The Labute approximate surface area is 112 Å². The predicted molar refractivity (Wildman–Crippen MR) is 72.1 cm³/mol. The van der Waals surface area contributed by atoms with Crippen LogP contribution in [0.1, 0.15) is 31.4 Å². The van der Waals surface area contributed by atoms with Gasteiger partial charge in [0, 0.05) is 19.2 Å². The van der Waals surface area contributed by atoms with Crippen molar-refractivity contribution >= 4 is 11.9 Å². The van der Waals surface area contributed by atoms with Gasteiger partial charge < -0.3 is 16.4 Å². The molecule has 1 heterocycles. The van der Waals surface area contributed by atoms with Crippen LogP contribution in [0, 0.1) is 0 Å². The van der Waals surface area contributed by atoms with Crippen molar-refractivity contribution in [2.24, 2.45) is 5.73 Å². The van der Waals surface area contributed by atoms with E-state index in [-0.39, 0.29) is 5.91 Å². The molecule has 0 saturated heterocycles. The molecule has 1 aromatic heterocycles. The van der Waals surface area contributed by atoms with Crippen LogP contribution in [0.5, 0.6) is 0 Å². The highest BCUT2D eigenvalue weighted by Crippen LogP contribution is 1.99. The zero-order valence-corrected chi connectivity index (χ0v) is 10.9. The van der Waals surface area contributed by atoms with Crippen LogP contribution in [-0.4, -0.2) is 23.5 Å². The van der Waals surface area contributed by atoms with E-state index >= 15 is 0 Å². The van der Waals surface area contributed by atoms with Crippen LogP contribution in [0.2, 0.25) is 0 Å². The fourth-order valence-corrected chi connectivity index (χ4v) is 1.58. The van der Waals surface area contributed by atoms with Gasteiger partial charge in [-0.15, -0.1) is 0 Å². The molecule has 0 aliphatic carbocycles. The second kappa shape index (κ2) is 8.91. The molecule has 0 bridgehead atoms. The van der Waals surface area contributed by atoms with Gasteiger partial charge in [-0.05, 0) is 25.0 Å². The molecule has 0 saturated carbocycles. The smallest absolute Gasteiger partial charge is 0.312 e. The Kier molecular flexibility index (Phi) is 7.01. The second-order valence-electron chi connectivity index (χ2n) is 4.20. The van der Waals surface area contributed by atoms with E-state index in [0.717, 1.165) is 25.0 Å². The normalized spacial score (nSPS) is 9.89. The van der Waals surface area contributed by atoms with E-state index in [1.807, 2.05) is 18.2 Å². The molecule has 0 atom stereocenters. The maximum Gasteiger partial charge on any atom is 0.312 e. The highest BCUT2D eigenvalue weighted by atomic mass is 16.2. The molecule has 0 radical (unpaired) electrons. The number of hydrogen-bond acceptors (Lipinski definition) is 3. The van der Waals surface area contributed by atoms with E-state index in [1.54, 1.807) is 6.20 Å². The Bertz CT molecular complexity index is 395. The van der Waals surface area contributed by atoms with Crippen molar-refractivity contribution in [1.82, 2.24) is 15.6 Å². The molecule has 1 rings (SSSR count). The summed E-state index contributed by atoms with van der Waals surface area (Å²) in [4.78, 5) is 26.1. The van der Waals surface area contributed by atoms with E-state index < -0.39 is 6.03 Å². The number of aromatic nitrogens is 1. The largest absolute Gasteiger partial charge is 0.352 e. The average molecular weight is 264 g/mol. The molecule has 0 aliphatic heterocycles. The monoisotopic (exact) mass is 264 g/mol. The quantitative estimate of drug-likeness (QED) is 0.609. The number of carbonyl (C=O) groups is 2. The van der Waals surface area contributed by atoms with Crippen molar-refractivity contribution in [2.45, 2.75) is 32.2 Å². The van der Waals surface area contributed by atoms with Gasteiger partial charge >= 0.3 is 6.03 Å². The first-order chi connectivity index (χ1) is 9.18. The van der Waals surface area contributed by atoms with Gasteiger partial charge in [0.2, 0.25) is 5.91 Å². The second-order valence-corrected chi connectivity index (χ2v) is 4.20. The maximum atomic E-state index is 11.5. The molecule has 0 aliphatic rings. The van der Waals surface area contributed by atoms with E-state index in [2.05, 4.69) is 15.6 Å². The van der Waals surface area contributed by atoms with Gasteiger partial charge in [0.05, 0.1) is 12.2 Å². The summed E-state index contributed by atoms with van der Waals surface area (Å²) in [5.41, 5.74) is 5.78. The molecular formula is C13H20N4O2. The summed E-state index contributed by atoms with van der Waals surface area (Å²) in [5.74, 6) is 0.0218. The van der Waals surface area contributed by atoms with Crippen molar-refractivity contribution in [1.29, 1.82) is 0 Å². The highest BCUT2D eigenvalue weighted by Gasteiger charge is 2.01. The number of hydrogen-bond donors (Lipinski definition) is 3. The number of amides is 3. The molecule has 3 amide bonds. The lowest BCUT2D eigenvalue weighted by Crippen LogP contribution is -2.30. The van der Waals surface area contributed by atoms with Crippen LogP contribution in [0.3, 0.4) is 0 Å². The fraction of sp³-hybridized carbons (Fsp3) is 0.462. The van der Waals surface area contributed by atoms with Crippen LogP contribution in [-0.2, 0) is 11.3 Å². The number of carbonyl (C=O) groups excluding carboxylic acids is 2. The lowest BCUT2D eigenvalue weighted by atomic mass is 10.2. The van der Waals surface area contributed by atoms with Crippen molar-refractivity contribution in [3.05, 3.63) is 30.1 Å². The van der Waals surface area contributed by atoms with E-state index in [1.165, 1.54) is 0 Å². The van der Waals surface area contributed by atoms with Crippen LogP contribution < -0.4 is 16.4 Å². The van der Waals surface area contributed by atoms with Crippen molar-refractivity contribution in [3.63, 3.8) is 0 Å². The lowest BCUT2D eigenvalue weighted by Gasteiger charge is -2.05. The summed E-state index contributed by atoms with van der Waals surface area (Å²) in [7, 11) is 0. The van der Waals surface area contributed by atoms with Crippen molar-refractivity contribution < 1.29 is 9.59 Å². The van der Waals surface area contributed by atoms with Crippen LogP contribution in [0.15, 0.2) is 24.4 Å². The molecule has 0 unspecified atom stereocenters. The number of primary amides is 1. The Morgan fingerprint density at radius 2 is 2.00 bits per heavy atom. The van der Waals surface area contributed by atoms with Crippen LogP contribution in [0.25, 0.3) is 0 Å². The SMILES string of the molecule is NC(=O)NCCCCCC(=O)NCc1ccccn1.